The summed E-state index contributed by atoms with van der Waals surface area (Å²) in [5.41, 5.74) is 0. The van der Waals surface area contributed by atoms with Gasteiger partial charge in [0, 0.05) is 25.4 Å². The molecule has 0 saturated carbocycles. The fourth-order valence-corrected chi connectivity index (χ4v) is 2.39. The van der Waals surface area contributed by atoms with Crippen molar-refractivity contribution in [1.29, 1.82) is 0 Å². The minimum atomic E-state index is -2.45. The number of piperidine rings is 1. The second-order valence-corrected chi connectivity index (χ2v) is 5.39. The molecule has 0 spiro atoms. The standard InChI is InChI=1S/C7H18N2O2S/c1-8-7-3-5-9(6-4-7)12(2,10)11/h7-8,10-11H,3-6H2,1-2H3. The van der Waals surface area contributed by atoms with E-state index in [0.29, 0.717) is 6.04 Å². The summed E-state index contributed by atoms with van der Waals surface area (Å²) in [6, 6.07) is 0.544. The maximum atomic E-state index is 9.35. The van der Waals surface area contributed by atoms with Gasteiger partial charge >= 0.3 is 0 Å². The molecule has 74 valence electrons. The molecule has 1 aliphatic heterocycles. The highest BCUT2D eigenvalue weighted by Crippen LogP contribution is 2.40. The van der Waals surface area contributed by atoms with E-state index in [9.17, 15) is 9.11 Å². The van der Waals surface area contributed by atoms with Gasteiger partial charge in [0.05, 0.1) is 0 Å². The van der Waals surface area contributed by atoms with E-state index < -0.39 is 10.8 Å². The lowest BCUT2D eigenvalue weighted by atomic mass is 10.1. The third kappa shape index (κ3) is 2.60. The van der Waals surface area contributed by atoms with Crippen molar-refractivity contribution in [2.75, 3.05) is 26.4 Å². The minimum absolute atomic E-state index is 0.544. The highest BCUT2D eigenvalue weighted by atomic mass is 32.3. The molecule has 1 aliphatic rings. The SMILES string of the molecule is CNC1CCN(S(C)(O)O)CC1. The molecule has 0 aliphatic carbocycles. The molecule has 1 saturated heterocycles. The Kier molecular flexibility index (Phi) is 3.37. The van der Waals surface area contributed by atoms with Gasteiger partial charge in [-0.1, -0.05) is 0 Å². The summed E-state index contributed by atoms with van der Waals surface area (Å²) in [5.74, 6) is 0. The van der Waals surface area contributed by atoms with Crippen LogP contribution in [-0.2, 0) is 0 Å². The summed E-state index contributed by atoms with van der Waals surface area (Å²) < 4.78 is 20.5. The molecule has 0 amide bonds. The molecular weight excluding hydrogens is 176 g/mol. The van der Waals surface area contributed by atoms with E-state index in [1.165, 1.54) is 6.26 Å². The predicted octanol–water partition coefficient (Wildman–Crippen LogP) is 0.966. The lowest BCUT2D eigenvalue weighted by Gasteiger charge is -2.43. The second-order valence-electron chi connectivity index (χ2n) is 3.28. The van der Waals surface area contributed by atoms with Crippen molar-refractivity contribution in [3.05, 3.63) is 0 Å². The molecule has 0 aromatic heterocycles. The molecule has 3 N–H and O–H groups in total. The summed E-state index contributed by atoms with van der Waals surface area (Å²) in [5, 5.41) is 3.20. The van der Waals surface area contributed by atoms with Gasteiger partial charge in [-0.3, -0.25) is 9.11 Å². The third-order valence-electron chi connectivity index (χ3n) is 2.35. The van der Waals surface area contributed by atoms with Crippen LogP contribution in [0.5, 0.6) is 0 Å². The Balaban J connectivity index is 2.36. The second kappa shape index (κ2) is 3.93. The number of hydrogen-bond donors (Lipinski definition) is 3. The van der Waals surface area contributed by atoms with Gasteiger partial charge in [-0.25, -0.2) is 4.31 Å². The minimum Gasteiger partial charge on any atom is -0.317 e. The first-order valence-electron chi connectivity index (χ1n) is 4.19. The summed E-state index contributed by atoms with van der Waals surface area (Å²) in [7, 11) is -0.503. The van der Waals surface area contributed by atoms with Crippen LogP contribution in [0.3, 0.4) is 0 Å². The molecule has 0 bridgehead atoms. The van der Waals surface area contributed by atoms with Crippen LogP contribution in [0.25, 0.3) is 0 Å². The van der Waals surface area contributed by atoms with E-state index in [4.69, 9.17) is 0 Å². The summed E-state index contributed by atoms with van der Waals surface area (Å²) in [4.78, 5) is 0. The topological polar surface area (TPSA) is 55.7 Å². The van der Waals surface area contributed by atoms with Gasteiger partial charge < -0.3 is 5.32 Å². The first-order valence-corrected chi connectivity index (χ1v) is 6.11. The zero-order valence-corrected chi connectivity index (χ0v) is 8.47. The number of hydrogen-bond acceptors (Lipinski definition) is 4. The van der Waals surface area contributed by atoms with E-state index in [2.05, 4.69) is 5.32 Å². The normalized spacial score (nSPS) is 24.3. The molecule has 1 rings (SSSR count). The monoisotopic (exact) mass is 194 g/mol. The van der Waals surface area contributed by atoms with E-state index in [1.54, 1.807) is 4.31 Å². The molecule has 0 atom stereocenters. The molecule has 0 unspecified atom stereocenters. The molecule has 4 nitrogen and oxygen atoms in total. The Morgan fingerprint density at radius 1 is 1.33 bits per heavy atom. The fraction of sp³-hybridized carbons (Fsp3) is 1.00. The van der Waals surface area contributed by atoms with Crippen LogP contribution in [0.1, 0.15) is 12.8 Å². The van der Waals surface area contributed by atoms with Crippen LogP contribution in [0, 0.1) is 0 Å². The zero-order valence-electron chi connectivity index (χ0n) is 7.66. The van der Waals surface area contributed by atoms with E-state index in [-0.39, 0.29) is 0 Å². The van der Waals surface area contributed by atoms with Crippen molar-refractivity contribution in [1.82, 2.24) is 9.62 Å². The maximum Gasteiger partial charge on any atom is 0.0418 e. The van der Waals surface area contributed by atoms with Crippen LogP contribution in [-0.4, -0.2) is 45.8 Å². The average Bonchev–Trinajstić information content (AvgIpc) is 2.03. The Hall–Kier alpha value is 0.190. The molecule has 1 fully saturated rings. The van der Waals surface area contributed by atoms with E-state index in [0.717, 1.165) is 25.9 Å². The largest absolute Gasteiger partial charge is 0.317 e. The van der Waals surface area contributed by atoms with Gasteiger partial charge in [-0.05, 0) is 19.9 Å². The molecule has 12 heavy (non-hydrogen) atoms. The van der Waals surface area contributed by atoms with Crippen molar-refractivity contribution in [3.8, 4) is 0 Å². The number of nitrogens with one attached hydrogen (secondary N) is 1. The van der Waals surface area contributed by atoms with Gasteiger partial charge in [-0.15, -0.1) is 10.8 Å². The number of rotatable bonds is 2. The lowest BCUT2D eigenvalue weighted by molar-refractivity contribution is 0.274. The van der Waals surface area contributed by atoms with Crippen LogP contribution < -0.4 is 5.32 Å². The lowest BCUT2D eigenvalue weighted by Crippen LogP contribution is -2.41. The number of nitrogens with zero attached hydrogens (tertiary/aromatic N) is 1. The Morgan fingerprint density at radius 3 is 2.17 bits per heavy atom. The van der Waals surface area contributed by atoms with Crippen LogP contribution in [0.2, 0.25) is 0 Å². The zero-order chi connectivity index (χ0) is 9.19. The van der Waals surface area contributed by atoms with Gasteiger partial charge in [-0.2, -0.15) is 0 Å². The van der Waals surface area contributed by atoms with Crippen LogP contribution in [0.4, 0.5) is 0 Å². The van der Waals surface area contributed by atoms with E-state index in [1.807, 2.05) is 7.05 Å². The molecule has 0 aromatic carbocycles. The van der Waals surface area contributed by atoms with Crippen LogP contribution in [0.15, 0.2) is 0 Å². The van der Waals surface area contributed by atoms with Crippen molar-refractivity contribution >= 4 is 10.8 Å². The quantitative estimate of drug-likeness (QED) is 0.613. The van der Waals surface area contributed by atoms with Crippen molar-refractivity contribution in [2.24, 2.45) is 0 Å². The fourth-order valence-electron chi connectivity index (χ4n) is 1.49. The maximum absolute atomic E-state index is 9.35. The van der Waals surface area contributed by atoms with Gasteiger partial charge in [0.15, 0.2) is 0 Å². The van der Waals surface area contributed by atoms with Gasteiger partial charge in [0.1, 0.15) is 0 Å². The summed E-state index contributed by atoms with van der Waals surface area (Å²) in [6.45, 7) is 1.56. The molecule has 5 heteroatoms. The molecular formula is C7H18N2O2S. The van der Waals surface area contributed by atoms with Gasteiger partial charge in [0.25, 0.3) is 0 Å². The smallest absolute Gasteiger partial charge is 0.0418 e. The summed E-state index contributed by atoms with van der Waals surface area (Å²) in [6.07, 6.45) is 3.49. The van der Waals surface area contributed by atoms with Crippen molar-refractivity contribution in [2.45, 2.75) is 18.9 Å². The Morgan fingerprint density at radius 2 is 1.83 bits per heavy atom. The molecule has 0 radical (unpaired) electrons. The highest BCUT2D eigenvalue weighted by Gasteiger charge is 2.23. The van der Waals surface area contributed by atoms with Gasteiger partial charge in [0.2, 0.25) is 0 Å². The molecule has 1 heterocycles. The summed E-state index contributed by atoms with van der Waals surface area (Å²) >= 11 is 0. The Bertz CT molecular complexity index is 141. The van der Waals surface area contributed by atoms with Crippen molar-refractivity contribution in [3.63, 3.8) is 0 Å². The van der Waals surface area contributed by atoms with Crippen molar-refractivity contribution < 1.29 is 9.11 Å². The average molecular weight is 194 g/mol. The first-order chi connectivity index (χ1) is 5.54. The predicted molar refractivity (Wildman–Crippen MR) is 52.4 cm³/mol. The highest BCUT2D eigenvalue weighted by molar-refractivity contribution is 8.21. The third-order valence-corrected chi connectivity index (χ3v) is 3.69. The molecule has 0 aromatic rings. The Labute approximate surface area is 75.4 Å². The van der Waals surface area contributed by atoms with E-state index >= 15 is 0 Å². The van der Waals surface area contributed by atoms with Crippen LogP contribution >= 0.6 is 10.8 Å². The first kappa shape index (κ1) is 10.3.